The van der Waals surface area contributed by atoms with Gasteiger partial charge >= 0.3 is 6.03 Å². The molecule has 2 unspecified atom stereocenters. The van der Waals surface area contributed by atoms with Crippen molar-refractivity contribution in [1.82, 2.24) is 20.0 Å². The van der Waals surface area contributed by atoms with Gasteiger partial charge in [0, 0.05) is 18.8 Å². The van der Waals surface area contributed by atoms with Crippen LogP contribution in [0.5, 0.6) is 0 Å². The molecule has 1 aliphatic heterocycles. The Balaban J connectivity index is 0.00000312. The lowest BCUT2D eigenvalue weighted by Gasteiger charge is -2.31. The maximum atomic E-state index is 12.5. The third-order valence-corrected chi connectivity index (χ3v) is 4.30. The van der Waals surface area contributed by atoms with Crippen molar-refractivity contribution in [2.45, 2.75) is 39.7 Å². The summed E-state index contributed by atoms with van der Waals surface area (Å²) >= 11 is 5.87. The third-order valence-electron chi connectivity index (χ3n) is 4.10. The summed E-state index contributed by atoms with van der Waals surface area (Å²) in [6, 6.07) is 0.487. The number of urea groups is 1. The van der Waals surface area contributed by atoms with Gasteiger partial charge in [0.05, 0.1) is 6.04 Å². The Labute approximate surface area is 158 Å². The second kappa shape index (κ2) is 9.17. The van der Waals surface area contributed by atoms with Crippen LogP contribution in [0, 0.1) is 12.8 Å². The van der Waals surface area contributed by atoms with Crippen molar-refractivity contribution >= 4 is 41.9 Å². The van der Waals surface area contributed by atoms with Crippen molar-refractivity contribution in [2.75, 3.05) is 18.4 Å². The summed E-state index contributed by atoms with van der Waals surface area (Å²) in [5.41, 5.74) is 6.65. The van der Waals surface area contributed by atoms with Gasteiger partial charge in [-0.1, -0.05) is 31.9 Å². The van der Waals surface area contributed by atoms with Crippen LogP contribution in [-0.4, -0.2) is 51.1 Å². The molecule has 10 heteroatoms. The first-order chi connectivity index (χ1) is 11.3. The number of hydrogen-bond acceptors (Lipinski definition) is 5. The number of hydrogen-bond donors (Lipinski definition) is 2. The van der Waals surface area contributed by atoms with Gasteiger partial charge in [-0.15, -0.1) is 12.4 Å². The highest BCUT2D eigenvalue weighted by atomic mass is 35.5. The lowest BCUT2D eigenvalue weighted by molar-refractivity contribution is -0.142. The normalized spacial score (nSPS) is 16.2. The van der Waals surface area contributed by atoms with Gasteiger partial charge in [0.2, 0.25) is 5.95 Å². The number of amides is 3. The zero-order valence-electron chi connectivity index (χ0n) is 14.5. The summed E-state index contributed by atoms with van der Waals surface area (Å²) < 4.78 is 0. The third kappa shape index (κ3) is 5.17. The van der Waals surface area contributed by atoms with E-state index in [9.17, 15) is 9.59 Å². The fourth-order valence-electron chi connectivity index (χ4n) is 2.47. The number of carbonyl (C=O) groups is 2. The zero-order valence-corrected chi connectivity index (χ0v) is 16.1. The van der Waals surface area contributed by atoms with Crippen LogP contribution < -0.4 is 11.1 Å². The van der Waals surface area contributed by atoms with Gasteiger partial charge in [0.15, 0.2) is 0 Å². The maximum absolute atomic E-state index is 12.5. The average molecular weight is 391 g/mol. The Morgan fingerprint density at radius 1 is 1.36 bits per heavy atom. The number of carbonyl (C=O) groups excluding carboxylic acids is 2. The van der Waals surface area contributed by atoms with Crippen LogP contribution in [0.1, 0.15) is 32.4 Å². The highest BCUT2D eigenvalue weighted by molar-refractivity contribution is 6.29. The second-order valence-electron chi connectivity index (χ2n) is 5.94. The van der Waals surface area contributed by atoms with Gasteiger partial charge in [0.25, 0.3) is 5.91 Å². The number of nitrogens with zero attached hydrogens (tertiary/aromatic N) is 4. The van der Waals surface area contributed by atoms with E-state index in [1.807, 2.05) is 13.8 Å². The van der Waals surface area contributed by atoms with Crippen LogP contribution in [0.15, 0.2) is 6.07 Å². The van der Waals surface area contributed by atoms with E-state index in [4.69, 9.17) is 17.3 Å². The number of anilines is 1. The summed E-state index contributed by atoms with van der Waals surface area (Å²) in [5, 5.41) is 5.58. The van der Waals surface area contributed by atoms with Crippen molar-refractivity contribution in [3.05, 3.63) is 16.9 Å². The highest BCUT2D eigenvalue weighted by Gasteiger charge is 2.35. The van der Waals surface area contributed by atoms with E-state index < -0.39 is 12.1 Å². The van der Waals surface area contributed by atoms with E-state index in [1.54, 1.807) is 13.0 Å². The Kier molecular flexibility index (Phi) is 7.85. The van der Waals surface area contributed by atoms with Crippen molar-refractivity contribution in [3.8, 4) is 0 Å². The lowest BCUT2D eigenvalue weighted by atomic mass is 9.99. The van der Waals surface area contributed by atoms with Crippen LogP contribution >= 0.6 is 24.0 Å². The molecule has 2 rings (SSSR count). The number of nitrogens with two attached hydrogens (primary N) is 1. The van der Waals surface area contributed by atoms with Crippen LogP contribution in [0.3, 0.4) is 0 Å². The summed E-state index contributed by atoms with van der Waals surface area (Å²) in [7, 11) is 0. The first-order valence-corrected chi connectivity index (χ1v) is 8.37. The summed E-state index contributed by atoms with van der Waals surface area (Å²) in [4.78, 5) is 33.1. The minimum atomic E-state index is -0.631. The van der Waals surface area contributed by atoms with Gasteiger partial charge in [0.1, 0.15) is 5.15 Å². The maximum Gasteiger partial charge on any atom is 0.343 e. The topological polar surface area (TPSA) is 104 Å². The first kappa shape index (κ1) is 21.4. The monoisotopic (exact) mass is 390 g/mol. The summed E-state index contributed by atoms with van der Waals surface area (Å²) in [5.74, 6) is -0.0994. The molecular weight excluding hydrogens is 367 g/mol. The fourth-order valence-corrected chi connectivity index (χ4v) is 2.71. The molecule has 3 N–H and O–H groups in total. The smallest absolute Gasteiger partial charge is 0.320 e. The average Bonchev–Trinajstić information content (AvgIpc) is 3.01. The van der Waals surface area contributed by atoms with Crippen LogP contribution in [0.4, 0.5) is 10.7 Å². The van der Waals surface area contributed by atoms with Crippen LogP contribution in [-0.2, 0) is 4.79 Å². The standard InChI is InChI=1S/C15H23ClN6O2.ClH/c1-4-9(2)12(17)13(23)21-6-5-7-22(21)15(24)20-14-18-10(3)8-11(16)19-14;/h8-9,12H,4-7,17H2,1-3H3,(H,18,19,20,24);1H. The van der Waals surface area contributed by atoms with E-state index in [0.717, 1.165) is 6.42 Å². The number of hydrazine groups is 1. The SMILES string of the molecule is CCC(C)C(N)C(=O)N1CCCN1C(=O)Nc1nc(C)cc(Cl)n1.Cl. The van der Waals surface area contributed by atoms with Crippen molar-refractivity contribution in [2.24, 2.45) is 11.7 Å². The van der Waals surface area contributed by atoms with E-state index in [1.165, 1.54) is 10.0 Å². The molecule has 2 heterocycles. The Bertz CT molecular complexity index is 610. The highest BCUT2D eigenvalue weighted by Crippen LogP contribution is 2.17. The molecule has 0 spiro atoms. The number of rotatable bonds is 4. The van der Waals surface area contributed by atoms with Crippen molar-refractivity contribution in [3.63, 3.8) is 0 Å². The van der Waals surface area contributed by atoms with E-state index in [2.05, 4.69) is 15.3 Å². The number of halogens is 2. The van der Waals surface area contributed by atoms with E-state index in [-0.39, 0.29) is 35.3 Å². The Hall–Kier alpha value is -1.64. The molecule has 1 saturated heterocycles. The molecule has 25 heavy (non-hydrogen) atoms. The zero-order chi connectivity index (χ0) is 17.9. The molecule has 2 atom stereocenters. The Morgan fingerprint density at radius 3 is 2.60 bits per heavy atom. The molecule has 0 saturated carbocycles. The molecule has 3 amide bonds. The Morgan fingerprint density at radius 2 is 2.00 bits per heavy atom. The molecule has 8 nitrogen and oxygen atoms in total. The van der Waals surface area contributed by atoms with Gasteiger partial charge < -0.3 is 5.73 Å². The second-order valence-corrected chi connectivity index (χ2v) is 6.32. The molecular formula is C15H24Cl2N6O2. The fraction of sp³-hybridized carbons (Fsp3) is 0.600. The number of aromatic nitrogens is 2. The first-order valence-electron chi connectivity index (χ1n) is 8.00. The van der Waals surface area contributed by atoms with Gasteiger partial charge in [-0.05, 0) is 25.3 Å². The number of nitrogens with one attached hydrogen (secondary N) is 1. The quantitative estimate of drug-likeness (QED) is 0.766. The van der Waals surface area contributed by atoms with Crippen LogP contribution in [0.25, 0.3) is 0 Å². The molecule has 1 aromatic heterocycles. The minimum absolute atomic E-state index is 0. The van der Waals surface area contributed by atoms with Crippen molar-refractivity contribution < 1.29 is 9.59 Å². The molecule has 1 aromatic rings. The summed E-state index contributed by atoms with van der Waals surface area (Å²) in [6.07, 6.45) is 1.49. The number of aryl methyl sites for hydroxylation is 1. The van der Waals surface area contributed by atoms with Crippen LogP contribution in [0.2, 0.25) is 5.15 Å². The van der Waals surface area contributed by atoms with Gasteiger partial charge in [-0.2, -0.15) is 0 Å². The minimum Gasteiger partial charge on any atom is -0.320 e. The molecule has 0 aromatic carbocycles. The molecule has 0 radical (unpaired) electrons. The lowest BCUT2D eigenvalue weighted by Crippen LogP contribution is -2.53. The predicted octanol–water partition coefficient (Wildman–Crippen LogP) is 2.21. The van der Waals surface area contributed by atoms with E-state index >= 15 is 0 Å². The van der Waals surface area contributed by atoms with Gasteiger partial charge in [-0.25, -0.2) is 24.8 Å². The molecule has 1 fully saturated rings. The molecule has 0 aliphatic carbocycles. The molecule has 1 aliphatic rings. The molecule has 140 valence electrons. The predicted molar refractivity (Wildman–Crippen MR) is 98.5 cm³/mol. The summed E-state index contributed by atoms with van der Waals surface area (Å²) in [6.45, 7) is 6.55. The largest absolute Gasteiger partial charge is 0.343 e. The van der Waals surface area contributed by atoms with Gasteiger partial charge in [-0.3, -0.25) is 10.1 Å². The van der Waals surface area contributed by atoms with Crippen molar-refractivity contribution in [1.29, 1.82) is 0 Å². The molecule has 0 bridgehead atoms. The van der Waals surface area contributed by atoms with E-state index in [0.29, 0.717) is 25.2 Å².